The van der Waals surface area contributed by atoms with E-state index in [2.05, 4.69) is 10.4 Å². The van der Waals surface area contributed by atoms with Gasteiger partial charge in [-0.25, -0.2) is 0 Å². The van der Waals surface area contributed by atoms with E-state index in [0.29, 0.717) is 4.99 Å². The molecule has 2 rings (SSSR count). The zero-order valence-electron chi connectivity index (χ0n) is 10.7. The van der Waals surface area contributed by atoms with Crippen LogP contribution in [-0.2, 0) is 7.05 Å². The number of thiocarbonyl (C=S) groups is 1. The number of nitrogens with one attached hydrogen (secondary N) is 1. The maximum atomic E-state index is 5.75. The van der Waals surface area contributed by atoms with E-state index in [1.807, 2.05) is 45.2 Å². The van der Waals surface area contributed by atoms with Gasteiger partial charge in [-0.05, 0) is 26.0 Å². The molecule has 4 nitrogen and oxygen atoms in total. The molecule has 2 aromatic rings. The molecule has 0 atom stereocenters. The molecule has 0 amide bonds. The lowest BCUT2D eigenvalue weighted by atomic mass is 10.1. The Bertz CT molecular complexity index is 601. The molecular formula is C13H16N4S. The van der Waals surface area contributed by atoms with Crippen LogP contribution >= 0.6 is 12.2 Å². The number of aryl methyl sites for hydroxylation is 3. The highest BCUT2D eigenvalue weighted by molar-refractivity contribution is 7.80. The van der Waals surface area contributed by atoms with E-state index >= 15 is 0 Å². The molecule has 0 saturated heterocycles. The van der Waals surface area contributed by atoms with Gasteiger partial charge in [0.2, 0.25) is 0 Å². The zero-order chi connectivity index (χ0) is 13.3. The first-order valence-corrected chi connectivity index (χ1v) is 6.06. The van der Waals surface area contributed by atoms with Crippen LogP contribution in [0.25, 0.3) is 0 Å². The lowest BCUT2D eigenvalue weighted by Crippen LogP contribution is -2.12. The predicted molar refractivity (Wildman–Crippen MR) is 78.3 cm³/mol. The third-order valence-electron chi connectivity index (χ3n) is 2.71. The van der Waals surface area contributed by atoms with Crippen molar-refractivity contribution in [2.75, 3.05) is 5.32 Å². The Morgan fingerprint density at radius 3 is 2.61 bits per heavy atom. The van der Waals surface area contributed by atoms with Crippen LogP contribution in [0.15, 0.2) is 24.3 Å². The van der Waals surface area contributed by atoms with E-state index in [1.165, 1.54) is 0 Å². The number of hydrogen-bond acceptors (Lipinski definition) is 3. The Kier molecular flexibility index (Phi) is 3.34. The molecule has 1 heterocycles. The quantitative estimate of drug-likeness (QED) is 0.832. The van der Waals surface area contributed by atoms with Crippen LogP contribution in [0.1, 0.15) is 16.8 Å². The van der Waals surface area contributed by atoms with Gasteiger partial charge >= 0.3 is 0 Å². The maximum absolute atomic E-state index is 5.75. The average molecular weight is 260 g/mol. The molecule has 0 bridgehead atoms. The molecule has 0 unspecified atom stereocenters. The number of nitrogens with two attached hydrogens (primary N) is 1. The fourth-order valence-corrected chi connectivity index (χ4v) is 2.01. The third-order valence-corrected chi connectivity index (χ3v) is 2.93. The number of nitrogens with zero attached hydrogens (tertiary/aromatic N) is 2. The van der Waals surface area contributed by atoms with Crippen LogP contribution in [0.5, 0.6) is 0 Å². The monoisotopic (exact) mass is 260 g/mol. The SMILES string of the molecule is Cc1ccc(Nc2cc(C)nn2C)c(C(N)=S)c1. The summed E-state index contributed by atoms with van der Waals surface area (Å²) >= 11 is 5.08. The minimum absolute atomic E-state index is 0.389. The summed E-state index contributed by atoms with van der Waals surface area (Å²) in [5.74, 6) is 0.911. The van der Waals surface area contributed by atoms with Crippen LogP contribution in [-0.4, -0.2) is 14.8 Å². The van der Waals surface area contributed by atoms with Crippen LogP contribution < -0.4 is 11.1 Å². The molecule has 1 aromatic heterocycles. The zero-order valence-corrected chi connectivity index (χ0v) is 11.5. The van der Waals surface area contributed by atoms with E-state index in [0.717, 1.165) is 28.3 Å². The number of anilines is 2. The molecule has 94 valence electrons. The molecule has 18 heavy (non-hydrogen) atoms. The Morgan fingerprint density at radius 2 is 2.06 bits per heavy atom. The normalized spacial score (nSPS) is 10.4. The van der Waals surface area contributed by atoms with E-state index in [1.54, 1.807) is 4.68 Å². The van der Waals surface area contributed by atoms with Gasteiger partial charge in [0.15, 0.2) is 0 Å². The molecule has 3 N–H and O–H groups in total. The van der Waals surface area contributed by atoms with E-state index in [4.69, 9.17) is 18.0 Å². The minimum atomic E-state index is 0.389. The van der Waals surface area contributed by atoms with Crippen LogP contribution in [0.4, 0.5) is 11.5 Å². The summed E-state index contributed by atoms with van der Waals surface area (Å²) in [6, 6.07) is 7.95. The Labute approximate surface area is 112 Å². The van der Waals surface area contributed by atoms with Gasteiger partial charge in [-0.3, -0.25) is 4.68 Å². The van der Waals surface area contributed by atoms with Crippen molar-refractivity contribution >= 4 is 28.7 Å². The molecule has 0 aliphatic rings. The van der Waals surface area contributed by atoms with Crippen molar-refractivity contribution in [3.8, 4) is 0 Å². The summed E-state index contributed by atoms with van der Waals surface area (Å²) in [5.41, 5.74) is 9.59. The maximum Gasteiger partial charge on any atom is 0.128 e. The number of benzene rings is 1. The van der Waals surface area contributed by atoms with Crippen molar-refractivity contribution in [3.05, 3.63) is 41.1 Å². The van der Waals surface area contributed by atoms with Crippen molar-refractivity contribution in [1.82, 2.24) is 9.78 Å². The molecule has 0 aliphatic carbocycles. The smallest absolute Gasteiger partial charge is 0.128 e. The number of rotatable bonds is 3. The van der Waals surface area contributed by atoms with E-state index < -0.39 is 0 Å². The van der Waals surface area contributed by atoms with Gasteiger partial charge in [-0.2, -0.15) is 5.10 Å². The summed E-state index contributed by atoms with van der Waals surface area (Å²) in [4.78, 5) is 0.389. The van der Waals surface area contributed by atoms with Crippen molar-refractivity contribution in [1.29, 1.82) is 0 Å². The molecule has 0 aliphatic heterocycles. The fourth-order valence-electron chi connectivity index (χ4n) is 1.84. The molecule has 5 heteroatoms. The van der Waals surface area contributed by atoms with Gasteiger partial charge in [0, 0.05) is 24.4 Å². The largest absolute Gasteiger partial charge is 0.389 e. The minimum Gasteiger partial charge on any atom is -0.389 e. The molecule has 1 aromatic carbocycles. The average Bonchev–Trinajstić information content (AvgIpc) is 2.60. The van der Waals surface area contributed by atoms with Gasteiger partial charge in [0.1, 0.15) is 10.8 Å². The standard InChI is InChI=1S/C13H16N4S/c1-8-4-5-11(10(6-8)13(14)18)15-12-7-9(2)16-17(12)3/h4-7,15H,1-3H3,(H2,14,18). The van der Waals surface area contributed by atoms with Crippen molar-refractivity contribution in [2.24, 2.45) is 12.8 Å². The summed E-state index contributed by atoms with van der Waals surface area (Å²) in [7, 11) is 1.89. The second kappa shape index (κ2) is 4.78. The van der Waals surface area contributed by atoms with Gasteiger partial charge in [0.25, 0.3) is 0 Å². The van der Waals surface area contributed by atoms with E-state index in [-0.39, 0.29) is 0 Å². The molecule has 0 fully saturated rings. The second-order valence-corrected chi connectivity index (χ2v) is 4.77. The van der Waals surface area contributed by atoms with Crippen molar-refractivity contribution < 1.29 is 0 Å². The van der Waals surface area contributed by atoms with Crippen LogP contribution in [0.2, 0.25) is 0 Å². The third kappa shape index (κ3) is 2.51. The van der Waals surface area contributed by atoms with Gasteiger partial charge in [-0.1, -0.05) is 23.8 Å². The highest BCUT2D eigenvalue weighted by Gasteiger charge is 2.08. The Balaban J connectivity index is 2.40. The second-order valence-electron chi connectivity index (χ2n) is 4.33. The molecule has 0 saturated carbocycles. The lowest BCUT2D eigenvalue weighted by molar-refractivity contribution is 0.765. The first-order valence-electron chi connectivity index (χ1n) is 5.65. The topological polar surface area (TPSA) is 55.9 Å². The molecule has 0 spiro atoms. The number of hydrogen-bond donors (Lipinski definition) is 2. The highest BCUT2D eigenvalue weighted by atomic mass is 32.1. The summed E-state index contributed by atoms with van der Waals surface area (Å²) < 4.78 is 1.79. The predicted octanol–water partition coefficient (Wildman–Crippen LogP) is 2.41. The van der Waals surface area contributed by atoms with E-state index in [9.17, 15) is 0 Å². The van der Waals surface area contributed by atoms with Crippen LogP contribution in [0.3, 0.4) is 0 Å². The van der Waals surface area contributed by atoms with Gasteiger partial charge < -0.3 is 11.1 Å². The lowest BCUT2D eigenvalue weighted by Gasteiger charge is -2.11. The summed E-state index contributed by atoms with van der Waals surface area (Å²) in [6.45, 7) is 3.97. The first kappa shape index (κ1) is 12.6. The van der Waals surface area contributed by atoms with Crippen LogP contribution in [0, 0.1) is 13.8 Å². The summed E-state index contributed by atoms with van der Waals surface area (Å²) in [6.07, 6.45) is 0. The Morgan fingerprint density at radius 1 is 1.33 bits per heavy atom. The highest BCUT2D eigenvalue weighted by Crippen LogP contribution is 2.22. The fraction of sp³-hybridized carbons (Fsp3) is 0.231. The Hall–Kier alpha value is -1.88. The summed E-state index contributed by atoms with van der Waals surface area (Å²) in [5, 5.41) is 7.59. The van der Waals surface area contributed by atoms with Gasteiger partial charge in [-0.15, -0.1) is 0 Å². The molecular weight excluding hydrogens is 244 g/mol. The van der Waals surface area contributed by atoms with Gasteiger partial charge in [0.05, 0.1) is 5.69 Å². The molecule has 0 radical (unpaired) electrons. The first-order chi connectivity index (χ1) is 8.47. The van der Waals surface area contributed by atoms with Crippen molar-refractivity contribution in [3.63, 3.8) is 0 Å². The number of aromatic nitrogens is 2. The van der Waals surface area contributed by atoms with Crippen molar-refractivity contribution in [2.45, 2.75) is 13.8 Å².